The fourth-order valence-corrected chi connectivity index (χ4v) is 4.83. The van der Waals surface area contributed by atoms with E-state index in [0.29, 0.717) is 21.5 Å². The van der Waals surface area contributed by atoms with Gasteiger partial charge in [-0.15, -0.1) is 0 Å². The van der Waals surface area contributed by atoms with Crippen molar-refractivity contribution in [1.82, 2.24) is 15.3 Å². The molecule has 1 saturated carbocycles. The molecule has 7 heteroatoms. The Morgan fingerprint density at radius 3 is 2.84 bits per heavy atom. The molecule has 1 unspecified atom stereocenters. The van der Waals surface area contributed by atoms with Crippen molar-refractivity contribution in [1.29, 1.82) is 0 Å². The summed E-state index contributed by atoms with van der Waals surface area (Å²) in [5.74, 6) is 0.821. The predicted molar refractivity (Wildman–Crippen MR) is 104 cm³/mol. The van der Waals surface area contributed by atoms with Crippen molar-refractivity contribution < 1.29 is 0 Å². The number of halogens is 2. The van der Waals surface area contributed by atoms with Crippen LogP contribution in [0.1, 0.15) is 25.0 Å². The van der Waals surface area contributed by atoms with Crippen molar-refractivity contribution in [3.63, 3.8) is 0 Å². The first kappa shape index (κ1) is 17.4. The molecule has 2 heterocycles. The van der Waals surface area contributed by atoms with Crippen molar-refractivity contribution >= 4 is 40.8 Å². The molecule has 1 aromatic carbocycles. The minimum atomic E-state index is 0.550. The van der Waals surface area contributed by atoms with E-state index in [1.54, 1.807) is 12.3 Å². The smallest absolute Gasteiger partial charge is 0.144 e. The molecule has 0 bridgehead atoms. The number of rotatable bonds is 5. The Morgan fingerprint density at radius 2 is 2.20 bits per heavy atom. The van der Waals surface area contributed by atoms with Crippen LogP contribution in [0.4, 0.5) is 5.82 Å². The van der Waals surface area contributed by atoms with Crippen LogP contribution in [0, 0.1) is 12.3 Å². The van der Waals surface area contributed by atoms with Crippen LogP contribution in [-0.2, 0) is 0 Å². The SMILES string of the molecule is Cc1nc(NCC2NCC23CCC3)cnc1Sc1cccc(Cl)c1Cl. The summed E-state index contributed by atoms with van der Waals surface area (Å²) in [6, 6.07) is 6.16. The van der Waals surface area contributed by atoms with E-state index in [9.17, 15) is 0 Å². The van der Waals surface area contributed by atoms with Crippen LogP contribution in [-0.4, -0.2) is 29.1 Å². The summed E-state index contributed by atoms with van der Waals surface area (Å²) < 4.78 is 0. The Morgan fingerprint density at radius 1 is 1.36 bits per heavy atom. The van der Waals surface area contributed by atoms with Crippen molar-refractivity contribution in [3.8, 4) is 0 Å². The van der Waals surface area contributed by atoms with E-state index in [-0.39, 0.29) is 0 Å². The lowest BCUT2D eigenvalue weighted by atomic mass is 9.59. The number of nitrogens with zero attached hydrogens (tertiary/aromatic N) is 2. The molecule has 4 nitrogen and oxygen atoms in total. The quantitative estimate of drug-likeness (QED) is 0.762. The first-order chi connectivity index (χ1) is 12.1. The molecule has 2 aliphatic rings. The highest BCUT2D eigenvalue weighted by atomic mass is 35.5. The molecule has 1 spiro atoms. The van der Waals surface area contributed by atoms with Crippen LogP contribution in [0.15, 0.2) is 34.3 Å². The molecular weight excluding hydrogens is 375 g/mol. The maximum Gasteiger partial charge on any atom is 0.144 e. The Kier molecular flexibility index (Phi) is 4.84. The van der Waals surface area contributed by atoms with Gasteiger partial charge in [0.2, 0.25) is 0 Å². The standard InChI is InChI=1S/C18H20Cl2N4S/c1-11-17(25-13-5-2-4-12(19)16(13)20)22-9-15(24-11)21-8-14-18(10-23-14)6-3-7-18/h2,4-5,9,14,23H,3,6-8,10H2,1H3,(H,21,24). The molecular formula is C18H20Cl2N4S. The van der Waals surface area contributed by atoms with E-state index >= 15 is 0 Å². The molecule has 25 heavy (non-hydrogen) atoms. The summed E-state index contributed by atoms with van der Waals surface area (Å²) in [7, 11) is 0. The molecule has 4 rings (SSSR count). The van der Waals surface area contributed by atoms with Crippen LogP contribution < -0.4 is 10.6 Å². The van der Waals surface area contributed by atoms with Crippen molar-refractivity contribution in [2.24, 2.45) is 5.41 Å². The molecule has 2 aromatic rings. The molecule has 1 aliphatic heterocycles. The number of benzene rings is 1. The summed E-state index contributed by atoms with van der Waals surface area (Å²) >= 11 is 13.8. The van der Waals surface area contributed by atoms with Crippen LogP contribution in [0.5, 0.6) is 0 Å². The van der Waals surface area contributed by atoms with E-state index in [2.05, 4.69) is 20.6 Å². The van der Waals surface area contributed by atoms with Crippen LogP contribution >= 0.6 is 35.0 Å². The third kappa shape index (κ3) is 3.35. The number of aromatic nitrogens is 2. The Hall–Kier alpha value is -1.01. The average Bonchev–Trinajstić information content (AvgIpc) is 2.52. The molecule has 2 N–H and O–H groups in total. The van der Waals surface area contributed by atoms with E-state index < -0.39 is 0 Å². The highest BCUT2D eigenvalue weighted by Gasteiger charge is 2.50. The minimum Gasteiger partial charge on any atom is -0.367 e. The number of anilines is 1. The first-order valence-electron chi connectivity index (χ1n) is 8.50. The van der Waals surface area contributed by atoms with Gasteiger partial charge < -0.3 is 10.6 Å². The fraction of sp³-hybridized carbons (Fsp3) is 0.444. The third-order valence-electron chi connectivity index (χ3n) is 5.30. The number of hydrogen-bond acceptors (Lipinski definition) is 5. The highest BCUT2D eigenvalue weighted by Crippen LogP contribution is 2.48. The van der Waals surface area contributed by atoms with Gasteiger partial charge in [-0.2, -0.15) is 0 Å². The predicted octanol–water partition coefficient (Wildman–Crippen LogP) is 4.80. The Labute approximate surface area is 162 Å². The molecule has 1 atom stereocenters. The molecule has 1 aliphatic carbocycles. The zero-order valence-corrected chi connectivity index (χ0v) is 16.3. The van der Waals surface area contributed by atoms with Crippen molar-refractivity contribution in [2.45, 2.75) is 42.1 Å². The molecule has 1 aromatic heterocycles. The maximum atomic E-state index is 6.26. The van der Waals surface area contributed by atoms with E-state index in [4.69, 9.17) is 23.2 Å². The van der Waals surface area contributed by atoms with E-state index in [1.165, 1.54) is 37.6 Å². The number of nitrogens with one attached hydrogen (secondary N) is 2. The second-order valence-electron chi connectivity index (χ2n) is 6.83. The summed E-state index contributed by atoms with van der Waals surface area (Å²) in [6.45, 7) is 4.04. The van der Waals surface area contributed by atoms with Gasteiger partial charge in [0.25, 0.3) is 0 Å². The van der Waals surface area contributed by atoms with Gasteiger partial charge in [-0.1, -0.05) is 47.5 Å². The summed E-state index contributed by atoms with van der Waals surface area (Å²) in [6.07, 6.45) is 5.87. The van der Waals surface area contributed by atoms with Gasteiger partial charge in [0, 0.05) is 24.0 Å². The summed E-state index contributed by atoms with van der Waals surface area (Å²) in [4.78, 5) is 10.1. The van der Waals surface area contributed by atoms with E-state index in [0.717, 1.165) is 28.0 Å². The highest BCUT2D eigenvalue weighted by molar-refractivity contribution is 7.99. The lowest BCUT2D eigenvalue weighted by Crippen LogP contribution is -2.67. The molecule has 132 valence electrons. The van der Waals surface area contributed by atoms with Gasteiger partial charge in [-0.25, -0.2) is 9.97 Å². The molecule has 0 amide bonds. The normalized spacial score (nSPS) is 20.8. The van der Waals surface area contributed by atoms with Crippen LogP contribution in [0.25, 0.3) is 0 Å². The third-order valence-corrected chi connectivity index (χ3v) is 7.39. The average molecular weight is 395 g/mol. The van der Waals surface area contributed by atoms with Gasteiger partial charge >= 0.3 is 0 Å². The molecule has 0 radical (unpaired) electrons. The monoisotopic (exact) mass is 394 g/mol. The maximum absolute atomic E-state index is 6.26. The zero-order chi connectivity index (χ0) is 17.4. The van der Waals surface area contributed by atoms with Gasteiger partial charge in [-0.05, 0) is 37.3 Å². The Bertz CT molecular complexity index is 789. The number of aryl methyl sites for hydroxylation is 1. The lowest BCUT2D eigenvalue weighted by Gasteiger charge is -2.56. The minimum absolute atomic E-state index is 0.550. The van der Waals surface area contributed by atoms with Gasteiger partial charge in [0.1, 0.15) is 10.8 Å². The van der Waals surface area contributed by atoms with Gasteiger partial charge in [0.15, 0.2) is 0 Å². The second kappa shape index (κ2) is 6.95. The number of hydrogen-bond donors (Lipinski definition) is 2. The Balaban J connectivity index is 1.41. The van der Waals surface area contributed by atoms with Crippen LogP contribution in [0.3, 0.4) is 0 Å². The second-order valence-corrected chi connectivity index (χ2v) is 8.65. The molecule has 1 saturated heterocycles. The summed E-state index contributed by atoms with van der Waals surface area (Å²) in [5, 5.41) is 8.91. The van der Waals surface area contributed by atoms with Crippen LogP contribution in [0.2, 0.25) is 10.0 Å². The van der Waals surface area contributed by atoms with Gasteiger partial charge in [-0.3, -0.25) is 0 Å². The summed E-state index contributed by atoms with van der Waals surface area (Å²) in [5.41, 5.74) is 1.43. The fourth-order valence-electron chi connectivity index (χ4n) is 3.51. The lowest BCUT2D eigenvalue weighted by molar-refractivity contribution is 0.00265. The molecule has 2 fully saturated rings. The zero-order valence-electron chi connectivity index (χ0n) is 14.0. The first-order valence-corrected chi connectivity index (χ1v) is 10.1. The van der Waals surface area contributed by atoms with Crippen molar-refractivity contribution in [2.75, 3.05) is 18.4 Å². The largest absolute Gasteiger partial charge is 0.367 e. The van der Waals surface area contributed by atoms with Gasteiger partial charge in [0.05, 0.1) is 21.9 Å². The van der Waals surface area contributed by atoms with Crippen molar-refractivity contribution in [3.05, 3.63) is 40.1 Å². The topological polar surface area (TPSA) is 49.8 Å². The van der Waals surface area contributed by atoms with E-state index in [1.807, 2.05) is 19.1 Å².